The quantitative estimate of drug-likeness (QED) is 0.521. The molecule has 0 saturated heterocycles. The van der Waals surface area contributed by atoms with Crippen LogP contribution < -0.4 is 10.1 Å². The maximum atomic E-state index is 14.6. The Hall–Kier alpha value is -3.36. The molecule has 1 unspecified atom stereocenters. The minimum atomic E-state index is -1.23. The third kappa shape index (κ3) is 4.97. The smallest absolute Gasteiger partial charge is 0.227 e. The number of nitrogens with one attached hydrogen (secondary N) is 1. The molecule has 1 atom stereocenters. The highest BCUT2D eigenvalue weighted by atomic mass is 19.1. The van der Waals surface area contributed by atoms with Crippen LogP contribution >= 0.6 is 0 Å². The summed E-state index contributed by atoms with van der Waals surface area (Å²) in [7, 11) is 1.37. The Morgan fingerprint density at radius 3 is 2.57 bits per heavy atom. The standard InChI is InChI=1S/C21H23F2N5O2/c1-4-18(29)16-7-15(20(23)19(8-16)30-3)6-5-14-9-24-21(25-10-14)27-17-11-26-28(12-17)13(2)22/h7-13H,4-6H2,1-3H3,(H,24,25,27). The van der Waals surface area contributed by atoms with E-state index in [0.29, 0.717) is 42.0 Å². The number of alkyl halides is 1. The summed E-state index contributed by atoms with van der Waals surface area (Å²) in [5.74, 6) is -0.140. The lowest BCUT2D eigenvalue weighted by Crippen LogP contribution is -2.04. The van der Waals surface area contributed by atoms with Crippen LogP contribution in [0.15, 0.2) is 36.9 Å². The second-order valence-corrected chi connectivity index (χ2v) is 6.75. The number of methoxy groups -OCH3 is 1. The van der Waals surface area contributed by atoms with Crippen LogP contribution in [-0.4, -0.2) is 32.6 Å². The topological polar surface area (TPSA) is 81.9 Å². The van der Waals surface area contributed by atoms with Gasteiger partial charge in [0.2, 0.25) is 5.95 Å². The Morgan fingerprint density at radius 1 is 1.23 bits per heavy atom. The van der Waals surface area contributed by atoms with E-state index in [4.69, 9.17) is 4.74 Å². The molecule has 3 rings (SSSR count). The number of halogens is 2. The van der Waals surface area contributed by atoms with Crippen LogP contribution in [0.2, 0.25) is 0 Å². The number of ether oxygens (including phenoxy) is 1. The first-order valence-electron chi connectivity index (χ1n) is 9.57. The third-order valence-corrected chi connectivity index (χ3v) is 4.59. The number of anilines is 2. The summed E-state index contributed by atoms with van der Waals surface area (Å²) in [4.78, 5) is 20.5. The highest BCUT2D eigenvalue weighted by Gasteiger charge is 2.15. The number of carbonyl (C=O) groups excluding carboxylic acids is 1. The van der Waals surface area contributed by atoms with Gasteiger partial charge in [-0.05, 0) is 43.0 Å². The molecule has 0 spiro atoms. The third-order valence-electron chi connectivity index (χ3n) is 4.59. The molecule has 0 bridgehead atoms. The number of rotatable bonds is 9. The molecule has 1 aromatic carbocycles. The molecule has 0 fully saturated rings. The van der Waals surface area contributed by atoms with Crippen molar-refractivity contribution in [3.8, 4) is 5.75 Å². The van der Waals surface area contributed by atoms with E-state index in [2.05, 4.69) is 20.4 Å². The fourth-order valence-electron chi connectivity index (χ4n) is 2.90. The Morgan fingerprint density at radius 2 is 1.97 bits per heavy atom. The van der Waals surface area contributed by atoms with Crippen LogP contribution in [0.5, 0.6) is 5.75 Å². The van der Waals surface area contributed by atoms with Crippen LogP contribution in [0.4, 0.5) is 20.4 Å². The van der Waals surface area contributed by atoms with Crippen molar-refractivity contribution < 1.29 is 18.3 Å². The molecule has 1 N–H and O–H groups in total. The normalized spacial score (nSPS) is 11.9. The van der Waals surface area contributed by atoms with Crippen molar-refractivity contribution in [1.82, 2.24) is 19.7 Å². The predicted octanol–water partition coefficient (Wildman–Crippen LogP) is 4.43. The minimum Gasteiger partial charge on any atom is -0.494 e. The van der Waals surface area contributed by atoms with Crippen LogP contribution in [0.25, 0.3) is 0 Å². The van der Waals surface area contributed by atoms with Crippen LogP contribution in [-0.2, 0) is 12.8 Å². The second kappa shape index (κ2) is 9.43. The molecule has 0 aliphatic heterocycles. The molecule has 158 valence electrons. The van der Waals surface area contributed by atoms with Crippen molar-refractivity contribution in [1.29, 1.82) is 0 Å². The zero-order chi connectivity index (χ0) is 21.7. The van der Waals surface area contributed by atoms with E-state index in [1.165, 1.54) is 37.2 Å². The summed E-state index contributed by atoms with van der Waals surface area (Å²) >= 11 is 0. The van der Waals surface area contributed by atoms with Gasteiger partial charge < -0.3 is 10.1 Å². The number of nitrogens with zero attached hydrogens (tertiary/aromatic N) is 4. The maximum absolute atomic E-state index is 14.6. The van der Waals surface area contributed by atoms with Gasteiger partial charge in [-0.25, -0.2) is 23.4 Å². The molecule has 3 aromatic rings. The van der Waals surface area contributed by atoms with Gasteiger partial charge in [-0.2, -0.15) is 5.10 Å². The molecule has 0 amide bonds. The highest BCUT2D eigenvalue weighted by molar-refractivity contribution is 5.96. The predicted molar refractivity (Wildman–Crippen MR) is 108 cm³/mol. The number of hydrogen-bond donors (Lipinski definition) is 1. The number of aromatic nitrogens is 4. The minimum absolute atomic E-state index is 0.0586. The number of hydrogen-bond acceptors (Lipinski definition) is 6. The SMILES string of the molecule is CCC(=O)c1cc(CCc2cnc(Nc3cnn(C(C)F)c3)nc2)c(F)c(OC)c1. The van der Waals surface area contributed by atoms with E-state index in [1.807, 2.05) is 0 Å². The van der Waals surface area contributed by atoms with E-state index in [-0.39, 0.29) is 11.5 Å². The summed E-state index contributed by atoms with van der Waals surface area (Å²) in [5, 5.41) is 6.84. The Balaban J connectivity index is 1.68. The largest absolute Gasteiger partial charge is 0.494 e. The number of Topliss-reactive ketones (excluding diaryl/α,β-unsaturated/α-hetero) is 1. The van der Waals surface area contributed by atoms with Gasteiger partial charge in [0, 0.05) is 24.4 Å². The molecular formula is C21H23F2N5O2. The molecule has 9 heteroatoms. The summed E-state index contributed by atoms with van der Waals surface area (Å²) < 4.78 is 34.0. The van der Waals surface area contributed by atoms with Crippen LogP contribution in [0.3, 0.4) is 0 Å². The van der Waals surface area contributed by atoms with E-state index in [0.717, 1.165) is 5.56 Å². The zero-order valence-electron chi connectivity index (χ0n) is 17.0. The highest BCUT2D eigenvalue weighted by Crippen LogP contribution is 2.25. The monoisotopic (exact) mass is 415 g/mol. The summed E-state index contributed by atoms with van der Waals surface area (Å²) in [5.41, 5.74) is 2.21. The number of aryl methyl sites for hydroxylation is 2. The van der Waals surface area contributed by atoms with E-state index in [1.54, 1.807) is 25.4 Å². The number of ketones is 1. The van der Waals surface area contributed by atoms with E-state index >= 15 is 0 Å². The van der Waals surface area contributed by atoms with Gasteiger partial charge in [-0.1, -0.05) is 6.92 Å². The first-order valence-corrected chi connectivity index (χ1v) is 9.57. The molecule has 0 aliphatic rings. The first kappa shape index (κ1) is 21.4. The lowest BCUT2D eigenvalue weighted by atomic mass is 10.00. The molecule has 0 radical (unpaired) electrons. The Bertz CT molecular complexity index is 1020. The summed E-state index contributed by atoms with van der Waals surface area (Å²) in [6.45, 7) is 3.14. The fourth-order valence-corrected chi connectivity index (χ4v) is 2.90. The maximum Gasteiger partial charge on any atom is 0.227 e. The van der Waals surface area contributed by atoms with E-state index < -0.39 is 12.1 Å². The number of carbonyl (C=O) groups is 1. The van der Waals surface area contributed by atoms with Gasteiger partial charge in [-0.15, -0.1) is 0 Å². The molecule has 30 heavy (non-hydrogen) atoms. The zero-order valence-corrected chi connectivity index (χ0v) is 17.0. The molecule has 0 aliphatic carbocycles. The molecule has 7 nitrogen and oxygen atoms in total. The van der Waals surface area contributed by atoms with Gasteiger partial charge in [0.15, 0.2) is 23.6 Å². The van der Waals surface area contributed by atoms with Gasteiger partial charge in [0.25, 0.3) is 0 Å². The average Bonchev–Trinajstić information content (AvgIpc) is 3.22. The number of benzene rings is 1. The van der Waals surface area contributed by atoms with Crippen molar-refractivity contribution in [2.75, 3.05) is 12.4 Å². The van der Waals surface area contributed by atoms with Crippen LogP contribution in [0, 0.1) is 5.82 Å². The van der Waals surface area contributed by atoms with Gasteiger partial charge in [0.05, 0.1) is 25.2 Å². The van der Waals surface area contributed by atoms with Gasteiger partial charge in [0.1, 0.15) is 0 Å². The summed E-state index contributed by atoms with van der Waals surface area (Å²) in [6, 6.07) is 3.00. The fraction of sp³-hybridized carbons (Fsp3) is 0.333. The first-order chi connectivity index (χ1) is 14.4. The van der Waals surface area contributed by atoms with E-state index in [9.17, 15) is 13.6 Å². The van der Waals surface area contributed by atoms with Crippen molar-refractivity contribution >= 4 is 17.4 Å². The lowest BCUT2D eigenvalue weighted by molar-refractivity contribution is 0.0987. The van der Waals surface area contributed by atoms with Gasteiger partial charge in [-0.3, -0.25) is 4.79 Å². The van der Waals surface area contributed by atoms with Crippen LogP contribution in [0.1, 0.15) is 48.0 Å². The van der Waals surface area contributed by atoms with Crippen molar-refractivity contribution in [2.24, 2.45) is 0 Å². The Kier molecular flexibility index (Phi) is 6.71. The summed E-state index contributed by atoms with van der Waals surface area (Å²) in [6.07, 6.45) is 6.22. The average molecular weight is 415 g/mol. The second-order valence-electron chi connectivity index (χ2n) is 6.75. The molecule has 2 heterocycles. The van der Waals surface area contributed by atoms with Crippen molar-refractivity contribution in [3.63, 3.8) is 0 Å². The van der Waals surface area contributed by atoms with Crippen molar-refractivity contribution in [2.45, 2.75) is 39.4 Å². The Labute approximate surface area is 173 Å². The molecule has 0 saturated carbocycles. The lowest BCUT2D eigenvalue weighted by Gasteiger charge is -2.11. The molecule has 2 aromatic heterocycles. The van der Waals surface area contributed by atoms with Crippen molar-refractivity contribution in [3.05, 3.63) is 59.4 Å². The molecular weight excluding hydrogens is 392 g/mol. The van der Waals surface area contributed by atoms with Gasteiger partial charge >= 0.3 is 0 Å².